The number of hydrogen-bond acceptors (Lipinski definition) is 4. The molecule has 0 unspecified atom stereocenters. The lowest BCUT2D eigenvalue weighted by Crippen LogP contribution is -2.42. The van der Waals surface area contributed by atoms with Crippen LogP contribution in [0.3, 0.4) is 0 Å². The van der Waals surface area contributed by atoms with Crippen molar-refractivity contribution >= 4 is 11.9 Å². The molecule has 18 heavy (non-hydrogen) atoms. The maximum absolute atomic E-state index is 11.5. The summed E-state index contributed by atoms with van der Waals surface area (Å²) in [6, 6.07) is 5.66. The smallest absolute Gasteiger partial charge is 0.305 e. The van der Waals surface area contributed by atoms with Crippen LogP contribution < -0.4 is 11.1 Å². The summed E-state index contributed by atoms with van der Waals surface area (Å²) in [5.41, 5.74) is 6.51. The third kappa shape index (κ3) is 4.84. The number of amides is 1. The number of carboxylic acid groups (broad SMARTS) is 1. The first kappa shape index (κ1) is 14.0. The SMILES string of the molecule is N[C@H](Cc1ccc(O)cc1)C(=O)NCCC(=O)O. The molecule has 0 saturated carbocycles. The molecule has 0 heterocycles. The zero-order chi connectivity index (χ0) is 13.5. The van der Waals surface area contributed by atoms with E-state index in [0.717, 1.165) is 5.56 Å². The van der Waals surface area contributed by atoms with E-state index in [-0.39, 0.29) is 24.6 Å². The number of aliphatic carboxylic acids is 1. The minimum Gasteiger partial charge on any atom is -0.508 e. The summed E-state index contributed by atoms with van der Waals surface area (Å²) in [4.78, 5) is 21.8. The number of aromatic hydroxyl groups is 1. The zero-order valence-electron chi connectivity index (χ0n) is 9.80. The van der Waals surface area contributed by atoms with Crippen LogP contribution in [-0.4, -0.2) is 34.7 Å². The Kier molecular flexibility index (Phi) is 5.13. The van der Waals surface area contributed by atoms with E-state index in [1.165, 1.54) is 12.1 Å². The molecule has 0 aliphatic rings. The Balaban J connectivity index is 2.39. The summed E-state index contributed by atoms with van der Waals surface area (Å²) >= 11 is 0. The molecule has 6 nitrogen and oxygen atoms in total. The van der Waals surface area contributed by atoms with Crippen LogP contribution in [0.2, 0.25) is 0 Å². The van der Waals surface area contributed by atoms with Gasteiger partial charge >= 0.3 is 5.97 Å². The summed E-state index contributed by atoms with van der Waals surface area (Å²) in [6.45, 7) is 0.0669. The van der Waals surface area contributed by atoms with Crippen LogP contribution in [0.5, 0.6) is 5.75 Å². The Morgan fingerprint density at radius 1 is 1.28 bits per heavy atom. The molecule has 6 heteroatoms. The van der Waals surface area contributed by atoms with Crippen molar-refractivity contribution in [2.24, 2.45) is 5.73 Å². The van der Waals surface area contributed by atoms with Crippen LogP contribution >= 0.6 is 0 Å². The molecule has 0 aromatic heterocycles. The predicted octanol–water partition coefficient (Wildman–Crippen LogP) is -0.147. The van der Waals surface area contributed by atoms with Crippen molar-refractivity contribution < 1.29 is 19.8 Å². The van der Waals surface area contributed by atoms with Gasteiger partial charge in [-0.15, -0.1) is 0 Å². The molecule has 1 amide bonds. The zero-order valence-corrected chi connectivity index (χ0v) is 9.80. The lowest BCUT2D eigenvalue weighted by molar-refractivity contribution is -0.136. The van der Waals surface area contributed by atoms with Crippen LogP contribution in [0.15, 0.2) is 24.3 Å². The number of nitrogens with one attached hydrogen (secondary N) is 1. The Labute approximate surface area is 104 Å². The standard InChI is InChI=1S/C12H16N2O4/c13-10(12(18)14-6-5-11(16)17)7-8-1-3-9(15)4-2-8/h1-4,10,15H,5-7,13H2,(H,14,18)(H,16,17)/t10-/m1/s1. The van der Waals surface area contributed by atoms with Crippen molar-refractivity contribution in [1.29, 1.82) is 0 Å². The molecule has 0 saturated heterocycles. The Morgan fingerprint density at radius 2 is 1.89 bits per heavy atom. The highest BCUT2D eigenvalue weighted by Crippen LogP contribution is 2.10. The van der Waals surface area contributed by atoms with E-state index >= 15 is 0 Å². The number of nitrogens with two attached hydrogens (primary N) is 1. The van der Waals surface area contributed by atoms with Crippen LogP contribution in [-0.2, 0) is 16.0 Å². The normalized spacial score (nSPS) is 11.8. The van der Waals surface area contributed by atoms with Crippen molar-refractivity contribution in [2.75, 3.05) is 6.54 Å². The van der Waals surface area contributed by atoms with Gasteiger partial charge in [0.05, 0.1) is 12.5 Å². The molecular formula is C12H16N2O4. The fourth-order valence-electron chi connectivity index (χ4n) is 1.40. The van der Waals surface area contributed by atoms with Gasteiger partial charge in [-0.2, -0.15) is 0 Å². The number of carbonyl (C=O) groups excluding carboxylic acids is 1. The molecule has 0 fully saturated rings. The monoisotopic (exact) mass is 252 g/mol. The van der Waals surface area contributed by atoms with Crippen molar-refractivity contribution in [3.8, 4) is 5.75 Å². The topological polar surface area (TPSA) is 113 Å². The van der Waals surface area contributed by atoms with Gasteiger partial charge in [-0.05, 0) is 24.1 Å². The van der Waals surface area contributed by atoms with Crippen LogP contribution in [0, 0.1) is 0 Å². The molecular weight excluding hydrogens is 236 g/mol. The van der Waals surface area contributed by atoms with Crippen molar-refractivity contribution in [3.63, 3.8) is 0 Å². The second-order valence-electron chi connectivity index (χ2n) is 3.91. The highest BCUT2D eigenvalue weighted by Gasteiger charge is 2.13. The number of benzene rings is 1. The van der Waals surface area contributed by atoms with Gasteiger partial charge < -0.3 is 21.3 Å². The second kappa shape index (κ2) is 6.61. The Bertz CT molecular complexity index is 417. The summed E-state index contributed by atoms with van der Waals surface area (Å²) in [7, 11) is 0. The molecule has 98 valence electrons. The summed E-state index contributed by atoms with van der Waals surface area (Å²) in [5.74, 6) is -1.20. The van der Waals surface area contributed by atoms with Gasteiger partial charge in [0.1, 0.15) is 5.75 Å². The summed E-state index contributed by atoms with van der Waals surface area (Å²) < 4.78 is 0. The molecule has 0 radical (unpaired) electrons. The van der Waals surface area contributed by atoms with Gasteiger partial charge in [0.15, 0.2) is 0 Å². The second-order valence-corrected chi connectivity index (χ2v) is 3.91. The van der Waals surface area contributed by atoms with Crippen molar-refractivity contribution in [1.82, 2.24) is 5.32 Å². The van der Waals surface area contributed by atoms with E-state index in [1.54, 1.807) is 12.1 Å². The first-order chi connectivity index (χ1) is 8.49. The number of carbonyl (C=O) groups is 2. The van der Waals surface area contributed by atoms with Gasteiger partial charge in [0, 0.05) is 6.54 Å². The highest BCUT2D eigenvalue weighted by atomic mass is 16.4. The number of carboxylic acids is 1. The molecule has 1 rings (SSSR count). The van der Waals surface area contributed by atoms with E-state index in [9.17, 15) is 9.59 Å². The van der Waals surface area contributed by atoms with Crippen LogP contribution in [0.1, 0.15) is 12.0 Å². The van der Waals surface area contributed by atoms with Gasteiger partial charge in [-0.3, -0.25) is 9.59 Å². The molecule has 0 spiro atoms. The van der Waals surface area contributed by atoms with Gasteiger partial charge in [-0.1, -0.05) is 12.1 Å². The lowest BCUT2D eigenvalue weighted by atomic mass is 10.1. The molecule has 0 bridgehead atoms. The van der Waals surface area contributed by atoms with E-state index in [0.29, 0.717) is 6.42 Å². The Morgan fingerprint density at radius 3 is 2.44 bits per heavy atom. The minimum atomic E-state index is -0.970. The van der Waals surface area contributed by atoms with Crippen molar-refractivity contribution in [2.45, 2.75) is 18.9 Å². The molecule has 0 aliphatic carbocycles. The average Bonchev–Trinajstić information content (AvgIpc) is 2.31. The molecule has 1 aromatic rings. The van der Waals surface area contributed by atoms with Gasteiger partial charge in [0.2, 0.25) is 5.91 Å². The first-order valence-corrected chi connectivity index (χ1v) is 5.52. The maximum atomic E-state index is 11.5. The molecule has 1 atom stereocenters. The quantitative estimate of drug-likeness (QED) is 0.562. The molecule has 1 aromatic carbocycles. The molecule has 5 N–H and O–H groups in total. The highest BCUT2D eigenvalue weighted by molar-refractivity contribution is 5.82. The number of rotatable bonds is 6. The van der Waals surface area contributed by atoms with Crippen LogP contribution in [0.25, 0.3) is 0 Å². The van der Waals surface area contributed by atoms with E-state index < -0.39 is 12.0 Å². The van der Waals surface area contributed by atoms with E-state index in [4.69, 9.17) is 15.9 Å². The lowest BCUT2D eigenvalue weighted by Gasteiger charge is -2.11. The van der Waals surface area contributed by atoms with E-state index in [2.05, 4.69) is 5.32 Å². The number of phenols is 1. The maximum Gasteiger partial charge on any atom is 0.305 e. The summed E-state index contributed by atoms with van der Waals surface area (Å²) in [6.07, 6.45) is 0.205. The van der Waals surface area contributed by atoms with Crippen LogP contribution in [0.4, 0.5) is 0 Å². The third-order valence-electron chi connectivity index (χ3n) is 2.37. The largest absolute Gasteiger partial charge is 0.508 e. The average molecular weight is 252 g/mol. The van der Waals surface area contributed by atoms with Gasteiger partial charge in [0.25, 0.3) is 0 Å². The van der Waals surface area contributed by atoms with E-state index in [1.807, 2.05) is 0 Å². The number of phenolic OH excluding ortho intramolecular Hbond substituents is 1. The predicted molar refractivity (Wildman–Crippen MR) is 65.0 cm³/mol. The number of hydrogen-bond donors (Lipinski definition) is 4. The fraction of sp³-hybridized carbons (Fsp3) is 0.333. The fourth-order valence-corrected chi connectivity index (χ4v) is 1.40. The first-order valence-electron chi connectivity index (χ1n) is 5.52. The Hall–Kier alpha value is -2.08. The third-order valence-corrected chi connectivity index (χ3v) is 2.37. The molecule has 0 aliphatic heterocycles. The summed E-state index contributed by atoms with van der Waals surface area (Å²) in [5, 5.41) is 20.0. The van der Waals surface area contributed by atoms with Crippen molar-refractivity contribution in [3.05, 3.63) is 29.8 Å². The minimum absolute atomic E-state index is 0.0669. The van der Waals surface area contributed by atoms with Gasteiger partial charge in [-0.25, -0.2) is 0 Å².